The quantitative estimate of drug-likeness (QED) is 0.456. The molecule has 0 aliphatic carbocycles. The maximum atomic E-state index is 13.9. The first-order chi connectivity index (χ1) is 12.2. The van der Waals surface area contributed by atoms with E-state index in [1.54, 1.807) is 7.11 Å². The fraction of sp³-hybridized carbons (Fsp3) is 0.333. The number of methoxy groups -OCH3 is 1. The van der Waals surface area contributed by atoms with Crippen LogP contribution in [-0.4, -0.2) is 20.0 Å². The number of ether oxygens (including phenoxy) is 2. The van der Waals surface area contributed by atoms with Crippen molar-refractivity contribution in [3.05, 3.63) is 72.6 Å². The first kappa shape index (κ1) is 19.7. The van der Waals surface area contributed by atoms with Crippen LogP contribution in [0.3, 0.4) is 0 Å². The van der Waals surface area contributed by atoms with Crippen molar-refractivity contribution in [2.24, 2.45) is 0 Å². The molecule has 0 N–H and O–H groups in total. The van der Waals surface area contributed by atoms with Crippen LogP contribution in [0.5, 0.6) is 0 Å². The minimum absolute atomic E-state index is 0.0966. The van der Waals surface area contributed by atoms with E-state index in [2.05, 4.69) is 6.92 Å². The van der Waals surface area contributed by atoms with E-state index < -0.39 is 7.14 Å². The maximum Gasteiger partial charge on any atom is 0.163 e. The molecule has 0 heterocycles. The molecule has 0 spiro atoms. The van der Waals surface area contributed by atoms with Crippen molar-refractivity contribution in [3.63, 3.8) is 0 Å². The zero-order chi connectivity index (χ0) is 18.0. The molecule has 2 aromatic carbocycles. The van der Waals surface area contributed by atoms with Gasteiger partial charge in [0.15, 0.2) is 7.14 Å². The lowest BCUT2D eigenvalue weighted by Crippen LogP contribution is -2.16. The average molecular weight is 358 g/mol. The van der Waals surface area contributed by atoms with Crippen LogP contribution in [0.1, 0.15) is 26.2 Å². The molecule has 0 saturated carbocycles. The van der Waals surface area contributed by atoms with E-state index in [9.17, 15) is 4.57 Å². The highest BCUT2D eigenvalue weighted by Gasteiger charge is 2.24. The summed E-state index contributed by atoms with van der Waals surface area (Å²) in [7, 11) is -1.23. The highest BCUT2D eigenvalue weighted by molar-refractivity contribution is 7.81. The number of hydrogen-bond donors (Lipinski definition) is 0. The van der Waals surface area contributed by atoms with Gasteiger partial charge >= 0.3 is 0 Å². The van der Waals surface area contributed by atoms with Gasteiger partial charge in [0.05, 0.1) is 6.10 Å². The van der Waals surface area contributed by atoms with Gasteiger partial charge < -0.3 is 14.0 Å². The molecule has 0 aliphatic heterocycles. The number of hydrogen-bond acceptors (Lipinski definition) is 3. The molecular weight excluding hydrogens is 331 g/mol. The molecule has 0 bridgehead atoms. The molecule has 2 rings (SSSR count). The number of rotatable bonds is 10. The Hall–Kier alpha value is -1.67. The molecule has 134 valence electrons. The van der Waals surface area contributed by atoms with Gasteiger partial charge in [0, 0.05) is 17.7 Å². The van der Waals surface area contributed by atoms with Crippen molar-refractivity contribution in [2.45, 2.75) is 32.3 Å². The topological polar surface area (TPSA) is 35.5 Å². The third kappa shape index (κ3) is 5.67. The number of unbranched alkanes of at least 4 members (excludes halogenated alkanes) is 1. The van der Waals surface area contributed by atoms with Crippen LogP contribution in [-0.2, 0) is 14.0 Å². The van der Waals surface area contributed by atoms with Gasteiger partial charge in [-0.25, -0.2) is 0 Å². The second-order valence-electron chi connectivity index (χ2n) is 5.92. The van der Waals surface area contributed by atoms with Gasteiger partial charge in [-0.15, -0.1) is 0 Å². The van der Waals surface area contributed by atoms with Crippen molar-refractivity contribution >= 4 is 17.8 Å². The van der Waals surface area contributed by atoms with E-state index in [1.807, 2.05) is 72.6 Å². The van der Waals surface area contributed by atoms with Crippen LogP contribution < -0.4 is 10.6 Å². The van der Waals surface area contributed by atoms with Gasteiger partial charge in [-0.2, -0.15) is 0 Å². The van der Waals surface area contributed by atoms with Gasteiger partial charge in [-0.3, -0.25) is 0 Å². The summed E-state index contributed by atoms with van der Waals surface area (Å²) in [5.74, 6) is 1.84. The van der Waals surface area contributed by atoms with E-state index in [1.165, 1.54) is 0 Å². The van der Waals surface area contributed by atoms with Crippen LogP contribution in [0, 0.1) is 0 Å². The summed E-state index contributed by atoms with van der Waals surface area (Å²) in [5, 5.41) is 1.66. The van der Waals surface area contributed by atoms with Crippen LogP contribution >= 0.6 is 7.14 Å². The lowest BCUT2D eigenvalue weighted by molar-refractivity contribution is -0.0578. The normalized spacial score (nSPS) is 13.2. The SMILES string of the molecule is CCCC[C@H](/C=C/P(=O)(c1ccccc1)c1ccccc1)OCOC. The Bertz CT molecular complexity index is 631. The highest BCUT2D eigenvalue weighted by atomic mass is 31.2. The van der Waals surface area contributed by atoms with Crippen LogP contribution in [0.15, 0.2) is 72.6 Å². The summed E-state index contributed by atoms with van der Waals surface area (Å²) >= 11 is 0. The van der Waals surface area contributed by atoms with Crippen LogP contribution in [0.2, 0.25) is 0 Å². The Kier molecular flexibility index (Phi) is 8.14. The first-order valence-electron chi connectivity index (χ1n) is 8.71. The fourth-order valence-electron chi connectivity index (χ4n) is 2.63. The number of benzene rings is 2. The predicted octanol–water partition coefficient (Wildman–Crippen LogP) is 4.69. The van der Waals surface area contributed by atoms with Gasteiger partial charge in [-0.1, -0.05) is 86.5 Å². The van der Waals surface area contributed by atoms with Gasteiger partial charge in [-0.05, 0) is 12.2 Å². The molecule has 0 saturated heterocycles. The second-order valence-corrected chi connectivity index (χ2v) is 8.57. The summed E-state index contributed by atoms with van der Waals surface area (Å²) in [6.45, 7) is 2.38. The zero-order valence-corrected chi connectivity index (χ0v) is 15.9. The molecule has 4 heteroatoms. The first-order valence-corrected chi connectivity index (χ1v) is 10.5. The van der Waals surface area contributed by atoms with Crippen molar-refractivity contribution < 1.29 is 14.0 Å². The predicted molar refractivity (Wildman–Crippen MR) is 105 cm³/mol. The maximum absolute atomic E-state index is 13.9. The summed E-state index contributed by atoms with van der Waals surface area (Å²) in [4.78, 5) is 0. The standard InChI is InChI=1S/C21H27O3P/c1-3-4-11-19(24-18-23-2)16-17-25(22,20-12-7-5-8-13-20)21-14-9-6-10-15-21/h5-10,12-17,19H,3-4,11,18H2,1-2H3/b17-16+/t19-/m1/s1. The third-order valence-corrected chi connectivity index (χ3v) is 6.75. The van der Waals surface area contributed by atoms with Gasteiger partial charge in [0.25, 0.3) is 0 Å². The summed E-state index contributed by atoms with van der Waals surface area (Å²) in [5.41, 5.74) is 0. The highest BCUT2D eigenvalue weighted by Crippen LogP contribution is 2.45. The van der Waals surface area contributed by atoms with Gasteiger partial charge in [0.1, 0.15) is 6.79 Å². The Balaban J connectivity index is 2.34. The lowest BCUT2D eigenvalue weighted by Gasteiger charge is -2.18. The van der Waals surface area contributed by atoms with E-state index >= 15 is 0 Å². The van der Waals surface area contributed by atoms with Crippen LogP contribution in [0.4, 0.5) is 0 Å². The van der Waals surface area contributed by atoms with E-state index in [0.29, 0.717) is 0 Å². The minimum Gasteiger partial charge on any atom is -0.359 e. The molecule has 0 radical (unpaired) electrons. The smallest absolute Gasteiger partial charge is 0.163 e. The molecule has 0 unspecified atom stereocenters. The molecule has 25 heavy (non-hydrogen) atoms. The summed E-state index contributed by atoms with van der Waals surface area (Å²) < 4.78 is 24.7. The molecule has 3 nitrogen and oxygen atoms in total. The van der Waals surface area contributed by atoms with Crippen molar-refractivity contribution in [1.29, 1.82) is 0 Å². The zero-order valence-electron chi connectivity index (χ0n) is 15.0. The van der Waals surface area contributed by atoms with Crippen molar-refractivity contribution in [2.75, 3.05) is 13.9 Å². The van der Waals surface area contributed by atoms with Crippen LogP contribution in [0.25, 0.3) is 0 Å². The van der Waals surface area contributed by atoms with Gasteiger partial charge in [0.2, 0.25) is 0 Å². The monoisotopic (exact) mass is 358 g/mol. The summed E-state index contributed by atoms with van der Waals surface area (Å²) in [6.07, 6.45) is 4.88. The van der Waals surface area contributed by atoms with Crippen molar-refractivity contribution in [1.82, 2.24) is 0 Å². The molecule has 0 fully saturated rings. The molecule has 0 aliphatic rings. The Labute approximate surface area is 151 Å². The minimum atomic E-state index is -2.84. The largest absolute Gasteiger partial charge is 0.359 e. The molecule has 2 aromatic rings. The molecule has 1 atom stereocenters. The van der Waals surface area contributed by atoms with E-state index in [0.717, 1.165) is 29.9 Å². The van der Waals surface area contributed by atoms with Crippen molar-refractivity contribution in [3.8, 4) is 0 Å². The average Bonchev–Trinajstić information content (AvgIpc) is 2.68. The fourth-order valence-corrected chi connectivity index (χ4v) is 4.94. The molecular formula is C21H27O3P. The third-order valence-electron chi connectivity index (χ3n) is 4.03. The molecule has 0 amide bonds. The molecule has 0 aromatic heterocycles. The lowest BCUT2D eigenvalue weighted by atomic mass is 10.1. The second kappa shape index (κ2) is 10.4. The Morgan fingerprint density at radius 3 is 2.04 bits per heavy atom. The Morgan fingerprint density at radius 1 is 1.00 bits per heavy atom. The van der Waals surface area contributed by atoms with E-state index in [4.69, 9.17) is 9.47 Å². The Morgan fingerprint density at radius 2 is 1.56 bits per heavy atom. The van der Waals surface area contributed by atoms with E-state index in [-0.39, 0.29) is 12.9 Å². The summed E-state index contributed by atoms with van der Waals surface area (Å²) in [6, 6.07) is 19.3.